The second kappa shape index (κ2) is 8.37. The molecule has 1 aromatic carbocycles. The first-order valence-electron chi connectivity index (χ1n) is 9.98. The molecule has 1 amide bonds. The fourth-order valence-electron chi connectivity index (χ4n) is 3.90. The summed E-state index contributed by atoms with van der Waals surface area (Å²) in [5.74, 6) is -0.908. The number of carbonyl (C=O) groups excluding carboxylic acids is 1. The highest BCUT2D eigenvalue weighted by Crippen LogP contribution is 2.24. The molecule has 1 aliphatic rings. The number of hydrogen-bond donors (Lipinski definition) is 2. The molecule has 0 radical (unpaired) electrons. The minimum absolute atomic E-state index is 0.0789. The number of ether oxygens (including phenoxy) is 1. The number of amides is 1. The van der Waals surface area contributed by atoms with E-state index in [4.69, 9.17) is 9.84 Å². The predicted molar refractivity (Wildman–Crippen MR) is 110 cm³/mol. The second-order valence-corrected chi connectivity index (χ2v) is 8.27. The molecule has 0 spiro atoms. The maximum absolute atomic E-state index is 12.6. The van der Waals surface area contributed by atoms with Gasteiger partial charge < -0.3 is 15.2 Å². The van der Waals surface area contributed by atoms with Crippen molar-refractivity contribution in [1.29, 1.82) is 0 Å². The Morgan fingerprint density at radius 3 is 2.59 bits per heavy atom. The van der Waals surface area contributed by atoms with Crippen LogP contribution in [0.2, 0.25) is 0 Å². The molecule has 1 aromatic heterocycles. The average molecular weight is 399 g/mol. The molecule has 7 heteroatoms. The third-order valence-corrected chi connectivity index (χ3v) is 5.44. The lowest BCUT2D eigenvalue weighted by atomic mass is 9.94. The summed E-state index contributed by atoms with van der Waals surface area (Å²) >= 11 is 0. The Kier molecular flexibility index (Phi) is 6.07. The molecule has 156 valence electrons. The van der Waals surface area contributed by atoms with Gasteiger partial charge in [0.1, 0.15) is 0 Å². The number of benzene rings is 1. The van der Waals surface area contributed by atoms with Gasteiger partial charge in [-0.05, 0) is 76.8 Å². The summed E-state index contributed by atoms with van der Waals surface area (Å²) in [6.07, 6.45) is 2.14. The van der Waals surface area contributed by atoms with Crippen LogP contribution in [-0.2, 0) is 16.0 Å². The number of carboxylic acid groups (broad SMARTS) is 1. The van der Waals surface area contributed by atoms with Gasteiger partial charge in [-0.1, -0.05) is 0 Å². The molecular formula is C22H29N3O4. The first-order chi connectivity index (χ1) is 13.7. The largest absolute Gasteiger partial charge is 0.481 e. The number of rotatable bonds is 6. The number of carboxylic acids is 1. The summed E-state index contributed by atoms with van der Waals surface area (Å²) in [7, 11) is 0. The number of aliphatic carboxylic acids is 1. The van der Waals surface area contributed by atoms with Gasteiger partial charge in [0, 0.05) is 30.3 Å². The molecule has 3 rings (SSSR count). The van der Waals surface area contributed by atoms with E-state index in [2.05, 4.69) is 10.4 Å². The van der Waals surface area contributed by atoms with Gasteiger partial charge in [-0.15, -0.1) is 0 Å². The summed E-state index contributed by atoms with van der Waals surface area (Å²) in [6, 6.07) is 7.43. The van der Waals surface area contributed by atoms with Gasteiger partial charge in [0.05, 0.1) is 17.0 Å². The number of nitrogens with one attached hydrogen (secondary N) is 1. The molecule has 0 bridgehead atoms. The molecule has 7 nitrogen and oxygen atoms in total. The van der Waals surface area contributed by atoms with Crippen LogP contribution in [-0.4, -0.2) is 45.0 Å². The Labute approximate surface area is 171 Å². The average Bonchev–Trinajstić information content (AvgIpc) is 2.93. The van der Waals surface area contributed by atoms with E-state index in [-0.39, 0.29) is 24.0 Å². The molecule has 2 heterocycles. The van der Waals surface area contributed by atoms with E-state index in [9.17, 15) is 9.59 Å². The minimum Gasteiger partial charge on any atom is -0.481 e. The van der Waals surface area contributed by atoms with Crippen LogP contribution in [0.5, 0.6) is 0 Å². The van der Waals surface area contributed by atoms with Crippen LogP contribution in [0.4, 0.5) is 0 Å². The summed E-state index contributed by atoms with van der Waals surface area (Å²) in [5, 5.41) is 16.6. The summed E-state index contributed by atoms with van der Waals surface area (Å²) in [6.45, 7) is 8.56. The maximum atomic E-state index is 12.6. The zero-order valence-electron chi connectivity index (χ0n) is 17.5. The van der Waals surface area contributed by atoms with Gasteiger partial charge in [-0.2, -0.15) is 5.10 Å². The number of aromatic nitrogens is 2. The van der Waals surface area contributed by atoms with Gasteiger partial charge in [0.15, 0.2) is 0 Å². The van der Waals surface area contributed by atoms with Crippen LogP contribution in [0.25, 0.3) is 5.69 Å². The third kappa shape index (κ3) is 5.03. The molecule has 1 unspecified atom stereocenters. The van der Waals surface area contributed by atoms with E-state index in [1.807, 2.05) is 39.8 Å². The highest BCUT2D eigenvalue weighted by Gasteiger charge is 2.29. The lowest BCUT2D eigenvalue weighted by Gasteiger charge is -2.35. The van der Waals surface area contributed by atoms with E-state index >= 15 is 0 Å². The molecule has 1 atom stereocenters. The predicted octanol–water partition coefficient (Wildman–Crippen LogP) is 3.19. The molecular weight excluding hydrogens is 370 g/mol. The monoisotopic (exact) mass is 399 g/mol. The Balaban J connectivity index is 1.71. The van der Waals surface area contributed by atoms with Crippen LogP contribution < -0.4 is 5.32 Å². The zero-order chi connectivity index (χ0) is 21.2. The first kappa shape index (κ1) is 21.0. The fourth-order valence-corrected chi connectivity index (χ4v) is 3.90. The quantitative estimate of drug-likeness (QED) is 0.778. The van der Waals surface area contributed by atoms with Crippen LogP contribution in [0.3, 0.4) is 0 Å². The number of aryl methyl sites for hydroxylation is 1. The summed E-state index contributed by atoms with van der Waals surface area (Å²) in [5.41, 5.74) is 3.93. The topological polar surface area (TPSA) is 93.5 Å². The van der Waals surface area contributed by atoms with Crippen molar-refractivity contribution in [1.82, 2.24) is 15.1 Å². The van der Waals surface area contributed by atoms with Crippen LogP contribution in [0, 0.1) is 13.8 Å². The van der Waals surface area contributed by atoms with E-state index in [1.165, 1.54) is 0 Å². The summed E-state index contributed by atoms with van der Waals surface area (Å²) < 4.78 is 7.51. The molecule has 0 aliphatic carbocycles. The zero-order valence-corrected chi connectivity index (χ0v) is 17.5. The Bertz CT molecular complexity index is 900. The first-order valence-corrected chi connectivity index (χ1v) is 9.98. The third-order valence-electron chi connectivity index (χ3n) is 5.44. The van der Waals surface area contributed by atoms with Crippen molar-refractivity contribution < 1.29 is 19.4 Å². The van der Waals surface area contributed by atoms with Crippen molar-refractivity contribution >= 4 is 11.9 Å². The highest BCUT2D eigenvalue weighted by atomic mass is 16.5. The van der Waals surface area contributed by atoms with Gasteiger partial charge in [-0.3, -0.25) is 9.59 Å². The van der Waals surface area contributed by atoms with E-state index in [0.717, 1.165) is 35.5 Å². The van der Waals surface area contributed by atoms with Gasteiger partial charge >= 0.3 is 5.97 Å². The van der Waals surface area contributed by atoms with Crippen LogP contribution in [0.1, 0.15) is 60.4 Å². The minimum atomic E-state index is -0.820. The van der Waals surface area contributed by atoms with E-state index in [0.29, 0.717) is 18.6 Å². The van der Waals surface area contributed by atoms with E-state index in [1.54, 1.807) is 16.8 Å². The second-order valence-electron chi connectivity index (χ2n) is 8.27. The molecule has 2 aromatic rings. The normalized spacial score (nSPS) is 18.4. The standard InChI is InChI=1S/C22H29N3O4/c1-14-19(9-10-20(26)27)15(2)25(24-14)18-7-5-16(6-8-18)21(28)23-17-11-12-29-22(3,4)13-17/h5-8,17H,9-13H2,1-4H3,(H,23,28)(H,26,27). The molecule has 1 fully saturated rings. The Morgan fingerprint density at radius 2 is 1.97 bits per heavy atom. The van der Waals surface area contributed by atoms with Gasteiger partial charge in [-0.25, -0.2) is 4.68 Å². The lowest BCUT2D eigenvalue weighted by molar-refractivity contribution is -0.136. The summed E-state index contributed by atoms with van der Waals surface area (Å²) in [4.78, 5) is 23.5. The maximum Gasteiger partial charge on any atom is 0.303 e. The molecule has 29 heavy (non-hydrogen) atoms. The number of nitrogens with zero attached hydrogens (tertiary/aromatic N) is 2. The van der Waals surface area contributed by atoms with Crippen molar-refractivity contribution in [2.75, 3.05) is 6.61 Å². The SMILES string of the molecule is Cc1nn(-c2ccc(C(=O)NC3CCOC(C)(C)C3)cc2)c(C)c1CCC(=O)O. The number of hydrogen-bond acceptors (Lipinski definition) is 4. The molecule has 0 saturated carbocycles. The van der Waals surface area contributed by atoms with Crippen molar-refractivity contribution in [3.8, 4) is 5.69 Å². The lowest BCUT2D eigenvalue weighted by Crippen LogP contribution is -2.45. The Morgan fingerprint density at radius 1 is 1.28 bits per heavy atom. The van der Waals surface area contributed by atoms with Crippen LogP contribution in [0.15, 0.2) is 24.3 Å². The number of carbonyl (C=O) groups is 2. The van der Waals surface area contributed by atoms with Crippen molar-refractivity contribution in [3.63, 3.8) is 0 Å². The van der Waals surface area contributed by atoms with Crippen molar-refractivity contribution in [3.05, 3.63) is 46.8 Å². The molecule has 2 N–H and O–H groups in total. The smallest absolute Gasteiger partial charge is 0.303 e. The fraction of sp³-hybridized carbons (Fsp3) is 0.500. The highest BCUT2D eigenvalue weighted by molar-refractivity contribution is 5.94. The van der Waals surface area contributed by atoms with Gasteiger partial charge in [0.2, 0.25) is 0 Å². The van der Waals surface area contributed by atoms with Crippen molar-refractivity contribution in [2.24, 2.45) is 0 Å². The van der Waals surface area contributed by atoms with E-state index < -0.39 is 5.97 Å². The van der Waals surface area contributed by atoms with Gasteiger partial charge in [0.25, 0.3) is 5.91 Å². The molecule has 1 aliphatic heterocycles. The molecule has 1 saturated heterocycles. The van der Waals surface area contributed by atoms with Crippen LogP contribution >= 0.6 is 0 Å². The van der Waals surface area contributed by atoms with Crippen molar-refractivity contribution in [2.45, 2.75) is 65.0 Å². The Hall–Kier alpha value is -2.67.